The van der Waals surface area contributed by atoms with Gasteiger partial charge >= 0.3 is 0 Å². The van der Waals surface area contributed by atoms with Gasteiger partial charge in [0.15, 0.2) is 11.6 Å². The first-order valence-electron chi connectivity index (χ1n) is 11.6. The molecule has 184 valence electrons. The minimum atomic E-state index is -0.442. The minimum absolute atomic E-state index is 0.0573. The molecule has 35 heavy (non-hydrogen) atoms. The predicted molar refractivity (Wildman–Crippen MR) is 134 cm³/mol. The van der Waals surface area contributed by atoms with Gasteiger partial charge in [-0.3, -0.25) is 9.59 Å². The largest absolute Gasteiger partial charge is 0.497 e. The lowest BCUT2D eigenvalue weighted by atomic mass is 10.00. The van der Waals surface area contributed by atoms with E-state index >= 15 is 0 Å². The topological polar surface area (TPSA) is 59.1 Å². The van der Waals surface area contributed by atoms with Gasteiger partial charge in [-0.05, 0) is 73.7 Å². The number of halogens is 1. The zero-order valence-electron chi connectivity index (χ0n) is 20.1. The lowest BCUT2D eigenvalue weighted by molar-refractivity contribution is -0.136. The molecular formula is C27H29FN2O4S. The Balaban J connectivity index is 1.53. The number of amides is 2. The molecule has 0 unspecified atom stereocenters. The Morgan fingerprint density at radius 2 is 1.89 bits per heavy atom. The Morgan fingerprint density at radius 1 is 1.14 bits per heavy atom. The highest BCUT2D eigenvalue weighted by molar-refractivity contribution is 7.10. The van der Waals surface area contributed by atoms with Gasteiger partial charge in [0.2, 0.25) is 5.91 Å². The number of methoxy groups -OCH3 is 1. The van der Waals surface area contributed by atoms with E-state index in [9.17, 15) is 14.0 Å². The van der Waals surface area contributed by atoms with Crippen molar-refractivity contribution in [2.45, 2.75) is 32.4 Å². The minimum Gasteiger partial charge on any atom is -0.497 e. The Morgan fingerprint density at radius 3 is 2.57 bits per heavy atom. The summed E-state index contributed by atoms with van der Waals surface area (Å²) >= 11 is 1.65. The van der Waals surface area contributed by atoms with Gasteiger partial charge in [0.05, 0.1) is 13.2 Å². The van der Waals surface area contributed by atoms with Crippen LogP contribution in [0.2, 0.25) is 0 Å². The smallest absolute Gasteiger partial charge is 0.254 e. The maximum Gasteiger partial charge on any atom is 0.254 e. The van der Waals surface area contributed by atoms with Crippen LogP contribution in [-0.4, -0.2) is 54.5 Å². The Bertz CT molecular complexity index is 1180. The van der Waals surface area contributed by atoms with Crippen LogP contribution in [0.4, 0.5) is 4.39 Å². The number of nitrogens with zero attached hydrogens (tertiary/aromatic N) is 2. The molecule has 0 saturated carbocycles. The number of hydrogen-bond donors (Lipinski definition) is 0. The second kappa shape index (κ2) is 10.9. The van der Waals surface area contributed by atoms with Crippen molar-refractivity contribution < 1.29 is 23.5 Å². The average molecular weight is 497 g/mol. The standard InChI is InChI=1S/C27H29FN2O4S/c1-18(2)30(27(32)19-8-10-20(33-3)11-9-19)16-26(31)29-14-12-25-21(13-15-35-25)23(29)17-34-24-7-5-4-6-22(24)28/h4-11,13,15,18,23H,12,14,16-17H2,1-3H3/t23-/m0/s1. The maximum atomic E-state index is 14.1. The van der Waals surface area contributed by atoms with Crippen LogP contribution in [0.1, 0.15) is 40.7 Å². The van der Waals surface area contributed by atoms with Gasteiger partial charge in [-0.1, -0.05) is 12.1 Å². The van der Waals surface area contributed by atoms with Crippen LogP contribution in [0.3, 0.4) is 0 Å². The molecule has 2 heterocycles. The van der Waals surface area contributed by atoms with E-state index in [2.05, 4.69) is 0 Å². The molecular weight excluding hydrogens is 467 g/mol. The fraction of sp³-hybridized carbons (Fsp3) is 0.333. The van der Waals surface area contributed by atoms with Gasteiger partial charge in [0.1, 0.15) is 18.9 Å². The van der Waals surface area contributed by atoms with E-state index < -0.39 is 5.82 Å². The Kier molecular flexibility index (Phi) is 7.70. The van der Waals surface area contributed by atoms with Crippen molar-refractivity contribution in [3.63, 3.8) is 0 Å². The molecule has 1 aromatic heterocycles. The molecule has 0 aliphatic carbocycles. The first-order valence-corrected chi connectivity index (χ1v) is 12.4. The molecule has 2 amide bonds. The predicted octanol–water partition coefficient (Wildman–Crippen LogP) is 4.95. The van der Waals surface area contributed by atoms with Crippen molar-refractivity contribution >= 4 is 23.2 Å². The van der Waals surface area contributed by atoms with Crippen LogP contribution < -0.4 is 9.47 Å². The van der Waals surface area contributed by atoms with E-state index in [4.69, 9.17) is 9.47 Å². The van der Waals surface area contributed by atoms with Crippen LogP contribution in [0.5, 0.6) is 11.5 Å². The van der Waals surface area contributed by atoms with Crippen molar-refractivity contribution in [2.24, 2.45) is 0 Å². The second-order valence-corrected chi connectivity index (χ2v) is 9.65. The van der Waals surface area contributed by atoms with E-state index in [1.165, 1.54) is 10.9 Å². The molecule has 0 radical (unpaired) electrons. The Hall–Kier alpha value is -3.39. The highest BCUT2D eigenvalue weighted by Gasteiger charge is 2.34. The number of carbonyl (C=O) groups is 2. The summed E-state index contributed by atoms with van der Waals surface area (Å²) in [5.41, 5.74) is 1.51. The third-order valence-corrected chi connectivity index (χ3v) is 7.17. The molecule has 4 rings (SSSR count). The molecule has 0 spiro atoms. The summed E-state index contributed by atoms with van der Waals surface area (Å²) in [6.45, 7) is 4.37. The van der Waals surface area contributed by atoms with Crippen molar-refractivity contribution in [1.29, 1.82) is 0 Å². The number of carbonyl (C=O) groups excluding carboxylic acids is 2. The molecule has 0 bridgehead atoms. The molecule has 8 heteroatoms. The van der Waals surface area contributed by atoms with Crippen LogP contribution in [0, 0.1) is 5.82 Å². The van der Waals surface area contributed by atoms with Crippen LogP contribution in [0.15, 0.2) is 60.0 Å². The molecule has 1 aliphatic rings. The normalized spacial score (nSPS) is 15.0. The monoisotopic (exact) mass is 496 g/mol. The van der Waals surface area contributed by atoms with E-state index in [1.54, 1.807) is 70.7 Å². The molecule has 1 aliphatic heterocycles. The summed E-state index contributed by atoms with van der Waals surface area (Å²) in [6, 6.07) is 14.6. The first kappa shape index (κ1) is 24.7. The van der Waals surface area contributed by atoms with Crippen LogP contribution in [0.25, 0.3) is 0 Å². The average Bonchev–Trinajstić information content (AvgIpc) is 3.35. The highest BCUT2D eigenvalue weighted by Crippen LogP contribution is 2.34. The van der Waals surface area contributed by atoms with Crippen molar-refractivity contribution in [3.8, 4) is 11.5 Å². The van der Waals surface area contributed by atoms with E-state index in [0.29, 0.717) is 17.9 Å². The van der Waals surface area contributed by atoms with Crippen molar-refractivity contribution in [3.05, 3.63) is 81.8 Å². The van der Waals surface area contributed by atoms with Gasteiger partial charge in [-0.15, -0.1) is 11.3 Å². The van der Waals surface area contributed by atoms with Gasteiger partial charge in [0, 0.05) is 23.0 Å². The lowest BCUT2D eigenvalue weighted by Gasteiger charge is -2.37. The van der Waals surface area contributed by atoms with E-state index in [1.807, 2.05) is 25.3 Å². The highest BCUT2D eigenvalue weighted by atomic mass is 32.1. The van der Waals surface area contributed by atoms with Gasteiger partial charge in [-0.2, -0.15) is 0 Å². The first-order chi connectivity index (χ1) is 16.9. The molecule has 0 N–H and O–H groups in total. The zero-order chi connectivity index (χ0) is 24.9. The van der Waals surface area contributed by atoms with E-state index in [0.717, 1.165) is 12.0 Å². The summed E-state index contributed by atoms with van der Waals surface area (Å²) in [5.74, 6) is -0.0159. The van der Waals surface area contributed by atoms with Crippen molar-refractivity contribution in [1.82, 2.24) is 9.80 Å². The molecule has 2 aromatic carbocycles. The number of thiophene rings is 1. The second-order valence-electron chi connectivity index (χ2n) is 8.65. The van der Waals surface area contributed by atoms with Gasteiger partial charge < -0.3 is 19.3 Å². The quantitative estimate of drug-likeness (QED) is 0.443. The fourth-order valence-electron chi connectivity index (χ4n) is 4.23. The lowest BCUT2D eigenvalue weighted by Crippen LogP contribution is -2.49. The third kappa shape index (κ3) is 5.48. The zero-order valence-corrected chi connectivity index (χ0v) is 20.9. The Labute approximate surface area is 208 Å². The van der Waals surface area contributed by atoms with Crippen LogP contribution in [-0.2, 0) is 11.2 Å². The fourth-order valence-corrected chi connectivity index (χ4v) is 5.16. The summed E-state index contributed by atoms with van der Waals surface area (Å²) < 4.78 is 25.1. The molecule has 1 atom stereocenters. The molecule has 0 saturated heterocycles. The number of fused-ring (bicyclic) bond motifs is 1. The van der Waals surface area contributed by atoms with Gasteiger partial charge in [-0.25, -0.2) is 4.39 Å². The number of ether oxygens (including phenoxy) is 2. The van der Waals surface area contributed by atoms with Crippen LogP contribution >= 0.6 is 11.3 Å². The summed E-state index contributed by atoms with van der Waals surface area (Å²) in [4.78, 5) is 31.3. The maximum absolute atomic E-state index is 14.1. The number of hydrogen-bond acceptors (Lipinski definition) is 5. The SMILES string of the molecule is COc1ccc(C(=O)N(CC(=O)N2CCc3sccc3[C@@H]2COc2ccccc2F)C(C)C)cc1. The number of benzene rings is 2. The molecule has 6 nitrogen and oxygen atoms in total. The summed E-state index contributed by atoms with van der Waals surface area (Å²) in [7, 11) is 1.57. The number of para-hydroxylation sites is 1. The van der Waals surface area contributed by atoms with Gasteiger partial charge in [0.25, 0.3) is 5.91 Å². The molecule has 3 aromatic rings. The van der Waals surface area contributed by atoms with E-state index in [-0.39, 0.29) is 42.8 Å². The summed E-state index contributed by atoms with van der Waals surface area (Å²) in [6.07, 6.45) is 0.739. The van der Waals surface area contributed by atoms with Crippen molar-refractivity contribution in [2.75, 3.05) is 26.8 Å². The third-order valence-electron chi connectivity index (χ3n) is 6.18. The number of rotatable bonds is 8. The summed E-state index contributed by atoms with van der Waals surface area (Å²) in [5, 5.41) is 2.00. The molecule has 0 fully saturated rings.